The van der Waals surface area contributed by atoms with Gasteiger partial charge in [0.25, 0.3) is 0 Å². The SMILES string of the molecule is CC1(C)c2ccccc2-c2cc(-c3cc(-c4ccc(-c5ccc(-c6ccc7c8ccccc8n(-c8ccccc8)c7c6)cc5)c5ccccc45)nc(-c4ccccc4)n3)ccc21. The Morgan fingerprint density at radius 2 is 0.919 bits per heavy atom. The van der Waals surface area contributed by atoms with Gasteiger partial charge in [-0.1, -0.05) is 190 Å². The second kappa shape index (κ2) is 14.1. The molecule has 0 aliphatic heterocycles. The first-order valence-electron chi connectivity index (χ1n) is 21.4. The summed E-state index contributed by atoms with van der Waals surface area (Å²) in [5.74, 6) is 0.713. The first-order valence-corrected chi connectivity index (χ1v) is 21.4. The minimum atomic E-state index is -0.0588. The molecule has 11 aromatic rings. The van der Waals surface area contributed by atoms with Crippen LogP contribution >= 0.6 is 0 Å². The third kappa shape index (κ3) is 5.73. The molecule has 0 atom stereocenters. The number of nitrogens with zero attached hydrogens (tertiary/aromatic N) is 3. The van der Waals surface area contributed by atoms with Gasteiger partial charge < -0.3 is 4.57 Å². The van der Waals surface area contributed by atoms with E-state index in [9.17, 15) is 0 Å². The predicted molar refractivity (Wildman–Crippen MR) is 259 cm³/mol. The highest BCUT2D eigenvalue weighted by Gasteiger charge is 2.35. The zero-order chi connectivity index (χ0) is 41.4. The molecule has 62 heavy (non-hydrogen) atoms. The molecule has 3 nitrogen and oxygen atoms in total. The van der Waals surface area contributed by atoms with Gasteiger partial charge in [0.05, 0.1) is 22.4 Å². The fourth-order valence-corrected chi connectivity index (χ4v) is 9.95. The van der Waals surface area contributed by atoms with Crippen LogP contribution in [0.15, 0.2) is 212 Å². The molecule has 0 radical (unpaired) electrons. The number of rotatable bonds is 6. The van der Waals surface area contributed by atoms with Crippen molar-refractivity contribution in [3.8, 4) is 73.0 Å². The molecule has 0 amide bonds. The van der Waals surface area contributed by atoms with Crippen LogP contribution in [-0.2, 0) is 5.41 Å². The summed E-state index contributed by atoms with van der Waals surface area (Å²) >= 11 is 0. The Morgan fingerprint density at radius 3 is 1.73 bits per heavy atom. The van der Waals surface area contributed by atoms with Crippen LogP contribution in [0.5, 0.6) is 0 Å². The van der Waals surface area contributed by atoms with E-state index in [4.69, 9.17) is 9.97 Å². The Hall–Kier alpha value is -7.88. The van der Waals surface area contributed by atoms with Gasteiger partial charge in [0.1, 0.15) is 0 Å². The number of para-hydroxylation sites is 2. The smallest absolute Gasteiger partial charge is 0.160 e. The van der Waals surface area contributed by atoms with Gasteiger partial charge in [-0.2, -0.15) is 0 Å². The largest absolute Gasteiger partial charge is 0.309 e. The molecule has 0 unspecified atom stereocenters. The molecule has 0 saturated heterocycles. The van der Waals surface area contributed by atoms with Crippen LogP contribution < -0.4 is 0 Å². The molecule has 2 aromatic heterocycles. The van der Waals surface area contributed by atoms with Gasteiger partial charge >= 0.3 is 0 Å². The third-order valence-electron chi connectivity index (χ3n) is 13.1. The van der Waals surface area contributed by atoms with Crippen LogP contribution in [-0.4, -0.2) is 14.5 Å². The molecule has 1 aliphatic rings. The predicted octanol–water partition coefficient (Wildman–Crippen LogP) is 15.4. The van der Waals surface area contributed by atoms with Crippen molar-refractivity contribution in [1.82, 2.24) is 14.5 Å². The average Bonchev–Trinajstić information content (AvgIpc) is 3.79. The van der Waals surface area contributed by atoms with Crippen LogP contribution in [0, 0.1) is 0 Å². The van der Waals surface area contributed by atoms with E-state index >= 15 is 0 Å². The zero-order valence-corrected chi connectivity index (χ0v) is 34.5. The van der Waals surface area contributed by atoms with E-state index in [1.54, 1.807) is 0 Å². The molecule has 0 fully saturated rings. The summed E-state index contributed by atoms with van der Waals surface area (Å²) in [5.41, 5.74) is 18.5. The van der Waals surface area contributed by atoms with Crippen molar-refractivity contribution in [3.05, 3.63) is 223 Å². The molecular formula is C59H41N3. The highest BCUT2D eigenvalue weighted by molar-refractivity contribution is 6.10. The number of fused-ring (bicyclic) bond motifs is 7. The highest BCUT2D eigenvalue weighted by atomic mass is 15.0. The molecular weight excluding hydrogens is 751 g/mol. The molecule has 1 aliphatic carbocycles. The van der Waals surface area contributed by atoms with Gasteiger partial charge in [0.2, 0.25) is 0 Å². The Morgan fingerprint density at radius 1 is 0.339 bits per heavy atom. The second-order valence-electron chi connectivity index (χ2n) is 17.0. The topological polar surface area (TPSA) is 30.7 Å². The van der Waals surface area contributed by atoms with E-state index in [0.29, 0.717) is 5.82 Å². The quantitative estimate of drug-likeness (QED) is 0.168. The normalized spacial score (nSPS) is 12.8. The lowest BCUT2D eigenvalue weighted by atomic mass is 9.82. The fourth-order valence-electron chi connectivity index (χ4n) is 9.95. The van der Waals surface area contributed by atoms with Crippen molar-refractivity contribution >= 4 is 32.6 Å². The van der Waals surface area contributed by atoms with Crippen molar-refractivity contribution < 1.29 is 0 Å². The summed E-state index contributed by atoms with van der Waals surface area (Å²) in [6.45, 7) is 4.65. The minimum Gasteiger partial charge on any atom is -0.309 e. The standard InChI is InChI=1S/C59H41N3/c1-59(2)52-23-13-11-21-47(52)51-35-42(30-34-53(51)59)54-37-55(61-58(60-54)40-15-5-3-6-16-40)48-33-32-44(45-19-9-10-20-46(45)48)39-27-25-38(26-28-39)41-29-31-50-49-22-12-14-24-56(49)62(57(50)36-41)43-17-7-4-8-18-43/h3-37H,1-2H3. The molecule has 0 spiro atoms. The summed E-state index contributed by atoms with van der Waals surface area (Å²) < 4.78 is 2.38. The summed E-state index contributed by atoms with van der Waals surface area (Å²) in [6, 6.07) is 76.6. The maximum absolute atomic E-state index is 5.28. The fraction of sp³-hybridized carbons (Fsp3) is 0.0508. The van der Waals surface area contributed by atoms with Gasteiger partial charge in [-0.15, -0.1) is 0 Å². The molecule has 9 aromatic carbocycles. The lowest BCUT2D eigenvalue weighted by Gasteiger charge is -2.21. The Labute approximate surface area is 361 Å². The van der Waals surface area contributed by atoms with Crippen molar-refractivity contribution in [2.45, 2.75) is 19.3 Å². The first-order chi connectivity index (χ1) is 30.5. The first kappa shape index (κ1) is 36.0. The van der Waals surface area contributed by atoms with Crippen molar-refractivity contribution in [2.75, 3.05) is 0 Å². The molecule has 0 saturated carbocycles. The molecule has 2 heterocycles. The highest BCUT2D eigenvalue weighted by Crippen LogP contribution is 2.49. The Bertz CT molecular complexity index is 3520. The van der Waals surface area contributed by atoms with Gasteiger partial charge in [0, 0.05) is 38.6 Å². The molecule has 0 N–H and O–H groups in total. The average molecular weight is 792 g/mol. The summed E-state index contributed by atoms with van der Waals surface area (Å²) in [7, 11) is 0. The van der Waals surface area contributed by atoms with E-state index < -0.39 is 0 Å². The lowest BCUT2D eigenvalue weighted by Crippen LogP contribution is -2.14. The number of benzene rings is 9. The zero-order valence-electron chi connectivity index (χ0n) is 34.5. The summed E-state index contributed by atoms with van der Waals surface area (Å²) in [6.07, 6.45) is 0. The van der Waals surface area contributed by atoms with Gasteiger partial charge in [-0.3, -0.25) is 0 Å². The van der Waals surface area contributed by atoms with Gasteiger partial charge in [-0.25, -0.2) is 9.97 Å². The maximum atomic E-state index is 5.28. The van der Waals surface area contributed by atoms with Crippen LogP contribution in [0.25, 0.3) is 106 Å². The van der Waals surface area contributed by atoms with E-state index in [-0.39, 0.29) is 5.41 Å². The molecule has 3 heteroatoms. The number of aromatic nitrogens is 3. The summed E-state index contributed by atoms with van der Waals surface area (Å²) in [5, 5.41) is 4.85. The van der Waals surface area contributed by atoms with Gasteiger partial charge in [-0.05, 0) is 91.7 Å². The van der Waals surface area contributed by atoms with E-state index in [0.717, 1.165) is 39.2 Å². The third-order valence-corrected chi connectivity index (χ3v) is 13.1. The Balaban J connectivity index is 0.947. The van der Waals surface area contributed by atoms with Crippen molar-refractivity contribution in [2.24, 2.45) is 0 Å². The minimum absolute atomic E-state index is 0.0588. The lowest BCUT2D eigenvalue weighted by molar-refractivity contribution is 0.660. The summed E-state index contributed by atoms with van der Waals surface area (Å²) in [4.78, 5) is 10.5. The number of hydrogen-bond acceptors (Lipinski definition) is 2. The second-order valence-corrected chi connectivity index (χ2v) is 17.0. The monoisotopic (exact) mass is 791 g/mol. The molecule has 292 valence electrons. The molecule has 0 bridgehead atoms. The van der Waals surface area contributed by atoms with Gasteiger partial charge in [0.15, 0.2) is 5.82 Å². The van der Waals surface area contributed by atoms with E-state index in [1.807, 2.05) is 6.07 Å². The van der Waals surface area contributed by atoms with Crippen LogP contribution in [0.4, 0.5) is 0 Å². The molecule has 12 rings (SSSR count). The maximum Gasteiger partial charge on any atom is 0.160 e. The Kier molecular flexibility index (Phi) is 8.20. The van der Waals surface area contributed by atoms with Crippen molar-refractivity contribution in [1.29, 1.82) is 0 Å². The van der Waals surface area contributed by atoms with Crippen LogP contribution in [0.3, 0.4) is 0 Å². The van der Waals surface area contributed by atoms with Crippen LogP contribution in [0.1, 0.15) is 25.0 Å². The van der Waals surface area contributed by atoms with Crippen molar-refractivity contribution in [3.63, 3.8) is 0 Å². The van der Waals surface area contributed by atoms with E-state index in [2.05, 4.69) is 225 Å². The van der Waals surface area contributed by atoms with E-state index in [1.165, 1.54) is 71.7 Å². The number of hydrogen-bond donors (Lipinski definition) is 0. The van der Waals surface area contributed by atoms with Crippen LogP contribution in [0.2, 0.25) is 0 Å².